The highest BCUT2D eigenvalue weighted by Crippen LogP contribution is 2.37. The second-order valence-electron chi connectivity index (χ2n) is 5.57. The summed E-state index contributed by atoms with van der Waals surface area (Å²) in [4.78, 5) is 4.72. The zero-order valence-corrected chi connectivity index (χ0v) is 10.6. The van der Waals surface area contributed by atoms with Crippen molar-refractivity contribution < 1.29 is 8.42 Å². The summed E-state index contributed by atoms with van der Waals surface area (Å²) in [6.07, 6.45) is 5.03. The lowest BCUT2D eigenvalue weighted by molar-refractivity contribution is 0.0427. The van der Waals surface area contributed by atoms with Gasteiger partial charge in [0.1, 0.15) is 0 Å². The van der Waals surface area contributed by atoms with Crippen LogP contribution >= 0.6 is 0 Å². The van der Waals surface area contributed by atoms with Crippen LogP contribution in [0.25, 0.3) is 0 Å². The molecule has 1 saturated carbocycles. The van der Waals surface area contributed by atoms with Crippen LogP contribution in [0.1, 0.15) is 25.7 Å². The Balaban J connectivity index is 1.76. The van der Waals surface area contributed by atoms with E-state index in [1.807, 2.05) is 0 Å². The maximum absolute atomic E-state index is 12.1. The van der Waals surface area contributed by atoms with E-state index in [1.54, 1.807) is 8.61 Å². The van der Waals surface area contributed by atoms with Crippen LogP contribution in [0, 0.1) is 0 Å². The van der Waals surface area contributed by atoms with Gasteiger partial charge in [0, 0.05) is 12.1 Å². The molecule has 7 heteroatoms. The van der Waals surface area contributed by atoms with Gasteiger partial charge in [-0.15, -0.1) is 0 Å². The van der Waals surface area contributed by atoms with Gasteiger partial charge in [-0.2, -0.15) is 17.0 Å². The molecule has 2 atom stereocenters. The van der Waals surface area contributed by atoms with Crippen molar-refractivity contribution >= 4 is 10.2 Å². The minimum Gasteiger partial charge on any atom is -0.271 e. The summed E-state index contributed by atoms with van der Waals surface area (Å²) in [5, 5.41) is 0. The molecule has 5 rings (SSSR count). The van der Waals surface area contributed by atoms with E-state index in [9.17, 15) is 8.42 Å². The molecule has 5 aliphatic rings. The lowest BCUT2D eigenvalue weighted by Crippen LogP contribution is -2.63. The van der Waals surface area contributed by atoms with Crippen LogP contribution in [0.15, 0.2) is 0 Å². The Kier molecular flexibility index (Phi) is 2.15. The molecule has 0 unspecified atom stereocenters. The summed E-state index contributed by atoms with van der Waals surface area (Å²) < 4.78 is 27.5. The summed E-state index contributed by atoms with van der Waals surface area (Å²) in [5.41, 5.74) is 0. The summed E-state index contributed by atoms with van der Waals surface area (Å²) in [7, 11) is -3.15. The van der Waals surface area contributed by atoms with E-state index in [-0.39, 0.29) is 0 Å². The Morgan fingerprint density at radius 2 is 1.18 bits per heavy atom. The average Bonchev–Trinajstić information content (AvgIpc) is 2.49. The van der Waals surface area contributed by atoms with E-state index in [0.29, 0.717) is 38.8 Å². The molecule has 4 saturated heterocycles. The van der Waals surface area contributed by atoms with Crippen molar-refractivity contribution in [3.8, 4) is 0 Å². The Morgan fingerprint density at radius 3 is 1.59 bits per heavy atom. The number of hydrogen-bond acceptors (Lipinski definition) is 4. The monoisotopic (exact) mass is 258 g/mol. The summed E-state index contributed by atoms with van der Waals surface area (Å²) in [5.74, 6) is 0. The van der Waals surface area contributed by atoms with E-state index < -0.39 is 10.2 Å². The van der Waals surface area contributed by atoms with Gasteiger partial charge in [0.2, 0.25) is 0 Å². The van der Waals surface area contributed by atoms with Crippen molar-refractivity contribution in [3.05, 3.63) is 0 Å². The van der Waals surface area contributed by atoms with Gasteiger partial charge in [-0.1, -0.05) is 12.8 Å². The largest absolute Gasteiger partial charge is 0.286 e. The maximum atomic E-state index is 12.1. The maximum Gasteiger partial charge on any atom is 0.286 e. The minimum atomic E-state index is -3.15. The van der Waals surface area contributed by atoms with Crippen LogP contribution < -0.4 is 0 Å². The molecule has 1 aliphatic carbocycles. The molecular weight excluding hydrogens is 240 g/mol. The van der Waals surface area contributed by atoms with Crippen molar-refractivity contribution in [1.29, 1.82) is 0 Å². The molecule has 5 fully saturated rings. The molecule has 0 radical (unpaired) electrons. The Bertz CT molecular complexity index is 394. The number of rotatable bonds is 0. The molecular formula is C10H18N4O2S. The fraction of sp³-hybridized carbons (Fsp3) is 1.00. The molecule has 0 aromatic heterocycles. The molecule has 17 heavy (non-hydrogen) atoms. The molecule has 0 N–H and O–H groups in total. The third-order valence-corrected chi connectivity index (χ3v) is 6.41. The van der Waals surface area contributed by atoms with Gasteiger partial charge < -0.3 is 0 Å². The third kappa shape index (κ3) is 1.37. The molecule has 4 aliphatic heterocycles. The van der Waals surface area contributed by atoms with Crippen LogP contribution in [0.5, 0.6) is 0 Å². The predicted octanol–water partition coefficient (Wildman–Crippen LogP) is -0.379. The first-order valence-electron chi connectivity index (χ1n) is 6.39. The van der Waals surface area contributed by atoms with E-state index in [1.165, 1.54) is 25.7 Å². The molecule has 0 aromatic carbocycles. The van der Waals surface area contributed by atoms with E-state index >= 15 is 0 Å². The Hall–Kier alpha value is -0.210. The smallest absolute Gasteiger partial charge is 0.271 e. The van der Waals surface area contributed by atoms with Gasteiger partial charge in [-0.05, 0) is 12.8 Å². The number of hydrogen-bond donors (Lipinski definition) is 0. The van der Waals surface area contributed by atoms with Crippen molar-refractivity contribution in [2.24, 2.45) is 0 Å². The molecule has 6 nitrogen and oxygen atoms in total. The van der Waals surface area contributed by atoms with Crippen LogP contribution in [-0.2, 0) is 10.2 Å². The zero-order chi connectivity index (χ0) is 11.6. The van der Waals surface area contributed by atoms with Gasteiger partial charge in [0.15, 0.2) is 0 Å². The highest BCUT2D eigenvalue weighted by Gasteiger charge is 2.51. The van der Waals surface area contributed by atoms with Crippen molar-refractivity contribution in [2.75, 3.05) is 26.7 Å². The van der Waals surface area contributed by atoms with Gasteiger partial charge >= 0.3 is 0 Å². The Morgan fingerprint density at radius 1 is 0.765 bits per heavy atom. The summed E-state index contributed by atoms with van der Waals surface area (Å²) in [6.45, 7) is 2.38. The van der Waals surface area contributed by atoms with Crippen LogP contribution in [0.3, 0.4) is 0 Å². The van der Waals surface area contributed by atoms with Gasteiger partial charge in [-0.3, -0.25) is 9.80 Å². The standard InChI is InChI=1S/C10H18N4O2S/c15-17(16)13-5-11-6-14(17)8-12(7-13)10-4-2-1-3-9(10)11/h9-10H,1-8H2/t9-,10-/m0/s1. The molecule has 0 amide bonds. The van der Waals surface area contributed by atoms with E-state index in [0.717, 1.165) is 0 Å². The highest BCUT2D eigenvalue weighted by molar-refractivity contribution is 7.86. The second kappa shape index (κ2) is 3.42. The number of nitrogens with zero attached hydrogens (tertiary/aromatic N) is 4. The first kappa shape index (κ1) is 10.7. The topological polar surface area (TPSA) is 47.1 Å². The lowest BCUT2D eigenvalue weighted by atomic mass is 9.89. The van der Waals surface area contributed by atoms with Crippen LogP contribution in [0.2, 0.25) is 0 Å². The molecule has 0 aromatic rings. The van der Waals surface area contributed by atoms with Crippen molar-refractivity contribution in [1.82, 2.24) is 18.4 Å². The average molecular weight is 258 g/mol. The van der Waals surface area contributed by atoms with Gasteiger partial charge in [0.25, 0.3) is 10.2 Å². The fourth-order valence-electron chi connectivity index (χ4n) is 3.81. The zero-order valence-electron chi connectivity index (χ0n) is 9.83. The SMILES string of the molecule is O=S1(=O)N2CN3CN1CN(C2)[C@H]1CCCC[C@@H]13. The first-order chi connectivity index (χ1) is 8.16. The van der Waals surface area contributed by atoms with E-state index in [2.05, 4.69) is 9.80 Å². The highest BCUT2D eigenvalue weighted by atomic mass is 32.2. The summed E-state index contributed by atoms with van der Waals surface area (Å²) >= 11 is 0. The lowest BCUT2D eigenvalue weighted by Gasteiger charge is -2.44. The minimum absolute atomic E-state index is 0.564. The first-order valence-corrected chi connectivity index (χ1v) is 7.79. The van der Waals surface area contributed by atoms with Gasteiger partial charge in [0.05, 0.1) is 26.7 Å². The quantitative estimate of drug-likeness (QED) is 0.594. The molecule has 4 bridgehead atoms. The predicted molar refractivity (Wildman–Crippen MR) is 61.8 cm³/mol. The summed E-state index contributed by atoms with van der Waals surface area (Å²) in [6, 6.07) is 1.13. The van der Waals surface area contributed by atoms with E-state index in [4.69, 9.17) is 0 Å². The molecule has 96 valence electrons. The fourth-order valence-corrected chi connectivity index (χ4v) is 5.31. The van der Waals surface area contributed by atoms with Crippen molar-refractivity contribution in [2.45, 2.75) is 37.8 Å². The Labute approximate surface area is 102 Å². The molecule has 4 heterocycles. The third-order valence-electron chi connectivity index (χ3n) is 4.64. The van der Waals surface area contributed by atoms with Gasteiger partial charge in [-0.25, -0.2) is 0 Å². The van der Waals surface area contributed by atoms with Crippen molar-refractivity contribution in [3.63, 3.8) is 0 Å². The van der Waals surface area contributed by atoms with Crippen LogP contribution in [0.4, 0.5) is 0 Å². The van der Waals surface area contributed by atoms with Crippen LogP contribution in [-0.4, -0.2) is 65.6 Å². The second-order valence-corrected chi connectivity index (χ2v) is 7.50. The molecule has 0 spiro atoms. The normalized spacial score (nSPS) is 55.3.